The average molecular weight is 355 g/mol. The summed E-state index contributed by atoms with van der Waals surface area (Å²) in [5.41, 5.74) is 2.03. The van der Waals surface area contributed by atoms with E-state index in [2.05, 4.69) is 27.3 Å². The van der Waals surface area contributed by atoms with E-state index in [9.17, 15) is 4.79 Å². The van der Waals surface area contributed by atoms with Gasteiger partial charge in [0.05, 0.1) is 23.2 Å². The fourth-order valence-corrected chi connectivity index (χ4v) is 4.26. The van der Waals surface area contributed by atoms with Gasteiger partial charge in [-0.25, -0.2) is 0 Å². The Labute approximate surface area is 151 Å². The molecule has 130 valence electrons. The molecular weight excluding hydrogens is 334 g/mol. The first kappa shape index (κ1) is 16.4. The molecule has 0 aliphatic carbocycles. The molecule has 5 nitrogen and oxygen atoms in total. The predicted molar refractivity (Wildman–Crippen MR) is 99.1 cm³/mol. The van der Waals surface area contributed by atoms with Crippen molar-refractivity contribution in [3.8, 4) is 5.75 Å². The van der Waals surface area contributed by atoms with Gasteiger partial charge in [0.2, 0.25) is 5.91 Å². The summed E-state index contributed by atoms with van der Waals surface area (Å²) in [6, 6.07) is 12.4. The fourth-order valence-electron chi connectivity index (χ4n) is 3.43. The minimum absolute atomic E-state index is 0.0563. The van der Waals surface area contributed by atoms with Crippen molar-refractivity contribution in [2.75, 3.05) is 30.8 Å². The predicted octanol–water partition coefficient (Wildman–Crippen LogP) is 3.34. The zero-order valence-electron chi connectivity index (χ0n) is 14.0. The SMILES string of the molecule is O=C1CSc2cc(OCCN3CCCC3c3ccccn3)ccc2N1. The fraction of sp³-hybridized carbons (Fsp3) is 0.368. The lowest BCUT2D eigenvalue weighted by molar-refractivity contribution is -0.113. The molecule has 2 aliphatic rings. The Morgan fingerprint density at radius 1 is 1.32 bits per heavy atom. The molecule has 1 saturated heterocycles. The summed E-state index contributed by atoms with van der Waals surface area (Å²) in [7, 11) is 0. The summed E-state index contributed by atoms with van der Waals surface area (Å²) >= 11 is 1.56. The molecule has 0 spiro atoms. The third kappa shape index (κ3) is 3.80. The van der Waals surface area contributed by atoms with Crippen LogP contribution in [0.25, 0.3) is 0 Å². The number of carbonyl (C=O) groups is 1. The standard InChI is InChI=1S/C19H21N3O2S/c23-19-13-25-18-12-14(6-7-16(18)21-19)24-11-10-22-9-3-5-17(22)15-4-1-2-8-20-15/h1-2,4,6-8,12,17H,3,5,9-11,13H2,(H,21,23). The van der Waals surface area contributed by atoms with Crippen LogP contribution in [-0.2, 0) is 4.79 Å². The number of hydrogen-bond donors (Lipinski definition) is 1. The number of anilines is 1. The lowest BCUT2D eigenvalue weighted by atomic mass is 10.1. The number of pyridine rings is 1. The van der Waals surface area contributed by atoms with Gasteiger partial charge in [0.25, 0.3) is 0 Å². The third-order valence-electron chi connectivity index (χ3n) is 4.63. The van der Waals surface area contributed by atoms with E-state index in [1.807, 2.05) is 30.5 Å². The molecule has 3 heterocycles. The second kappa shape index (κ2) is 7.45. The van der Waals surface area contributed by atoms with Gasteiger partial charge in [0.1, 0.15) is 12.4 Å². The van der Waals surface area contributed by atoms with Gasteiger partial charge >= 0.3 is 0 Å². The van der Waals surface area contributed by atoms with E-state index in [0.717, 1.165) is 41.5 Å². The molecule has 0 bridgehead atoms. The van der Waals surface area contributed by atoms with Crippen molar-refractivity contribution in [3.05, 3.63) is 48.3 Å². The maximum Gasteiger partial charge on any atom is 0.234 e. The topological polar surface area (TPSA) is 54.5 Å². The maximum atomic E-state index is 11.4. The number of amides is 1. The van der Waals surface area contributed by atoms with Crippen LogP contribution < -0.4 is 10.1 Å². The number of aromatic nitrogens is 1. The molecule has 1 N–H and O–H groups in total. The molecule has 0 radical (unpaired) electrons. The monoisotopic (exact) mass is 355 g/mol. The van der Waals surface area contributed by atoms with Crippen molar-refractivity contribution >= 4 is 23.4 Å². The van der Waals surface area contributed by atoms with Gasteiger partial charge in [-0.3, -0.25) is 14.7 Å². The first-order valence-electron chi connectivity index (χ1n) is 8.64. The van der Waals surface area contributed by atoms with Gasteiger partial charge in [-0.2, -0.15) is 0 Å². The van der Waals surface area contributed by atoms with Crippen molar-refractivity contribution < 1.29 is 9.53 Å². The van der Waals surface area contributed by atoms with E-state index in [-0.39, 0.29) is 5.91 Å². The normalized spacial score (nSPS) is 20.2. The third-order valence-corrected chi connectivity index (χ3v) is 5.68. The number of nitrogens with one attached hydrogen (secondary N) is 1. The molecule has 1 aromatic carbocycles. The number of ether oxygens (including phenoxy) is 1. The number of nitrogens with zero attached hydrogens (tertiary/aromatic N) is 2. The summed E-state index contributed by atoms with van der Waals surface area (Å²) in [5, 5.41) is 2.88. The number of thioether (sulfide) groups is 1. The average Bonchev–Trinajstić information content (AvgIpc) is 3.11. The first-order valence-corrected chi connectivity index (χ1v) is 9.62. The van der Waals surface area contributed by atoms with Gasteiger partial charge in [-0.05, 0) is 49.7 Å². The molecule has 1 amide bonds. The molecular formula is C19H21N3O2S. The van der Waals surface area contributed by atoms with E-state index < -0.39 is 0 Å². The van der Waals surface area contributed by atoms with Crippen LogP contribution in [-0.4, -0.2) is 41.2 Å². The van der Waals surface area contributed by atoms with Gasteiger partial charge in [-0.1, -0.05) is 6.07 Å². The summed E-state index contributed by atoms with van der Waals surface area (Å²) < 4.78 is 5.96. The van der Waals surface area contributed by atoms with E-state index in [1.54, 1.807) is 11.8 Å². The highest BCUT2D eigenvalue weighted by Gasteiger charge is 2.26. The number of benzene rings is 1. The molecule has 6 heteroatoms. The van der Waals surface area contributed by atoms with Gasteiger partial charge in [0.15, 0.2) is 0 Å². The van der Waals surface area contributed by atoms with Gasteiger partial charge < -0.3 is 10.1 Å². The zero-order valence-corrected chi connectivity index (χ0v) is 14.8. The van der Waals surface area contributed by atoms with Crippen LogP contribution >= 0.6 is 11.8 Å². The summed E-state index contributed by atoms with van der Waals surface area (Å²) in [5.74, 6) is 1.38. The van der Waals surface area contributed by atoms with E-state index in [4.69, 9.17) is 4.74 Å². The lowest BCUT2D eigenvalue weighted by Gasteiger charge is -2.24. The lowest BCUT2D eigenvalue weighted by Crippen LogP contribution is -2.28. The summed E-state index contributed by atoms with van der Waals surface area (Å²) in [6.45, 7) is 2.64. The van der Waals surface area contributed by atoms with E-state index in [1.165, 1.54) is 6.42 Å². The van der Waals surface area contributed by atoms with Crippen LogP contribution in [0.1, 0.15) is 24.6 Å². The van der Waals surface area contributed by atoms with Crippen LogP contribution in [0.15, 0.2) is 47.5 Å². The number of rotatable bonds is 5. The number of hydrogen-bond acceptors (Lipinski definition) is 5. The van der Waals surface area contributed by atoms with Crippen molar-refractivity contribution in [1.82, 2.24) is 9.88 Å². The molecule has 1 unspecified atom stereocenters. The molecule has 4 rings (SSSR count). The minimum atomic E-state index is 0.0563. The van der Waals surface area contributed by atoms with Crippen LogP contribution in [0.4, 0.5) is 5.69 Å². The molecule has 25 heavy (non-hydrogen) atoms. The number of carbonyl (C=O) groups excluding carboxylic acids is 1. The highest BCUT2D eigenvalue weighted by atomic mass is 32.2. The summed E-state index contributed by atoms with van der Waals surface area (Å²) in [4.78, 5) is 19.4. The number of fused-ring (bicyclic) bond motifs is 1. The van der Waals surface area contributed by atoms with Crippen molar-refractivity contribution in [1.29, 1.82) is 0 Å². The quantitative estimate of drug-likeness (QED) is 0.891. The van der Waals surface area contributed by atoms with Crippen LogP contribution in [0.5, 0.6) is 5.75 Å². The van der Waals surface area contributed by atoms with Crippen LogP contribution in [0, 0.1) is 0 Å². The molecule has 1 fully saturated rings. The van der Waals surface area contributed by atoms with Crippen molar-refractivity contribution in [2.45, 2.75) is 23.8 Å². The van der Waals surface area contributed by atoms with Crippen LogP contribution in [0.3, 0.4) is 0 Å². The van der Waals surface area contributed by atoms with Gasteiger partial charge in [0, 0.05) is 17.6 Å². The highest BCUT2D eigenvalue weighted by Crippen LogP contribution is 2.34. The molecule has 0 saturated carbocycles. The molecule has 2 aliphatic heterocycles. The Morgan fingerprint density at radius 3 is 3.16 bits per heavy atom. The molecule has 1 atom stereocenters. The second-order valence-corrected chi connectivity index (χ2v) is 7.31. The van der Waals surface area contributed by atoms with Crippen molar-refractivity contribution in [3.63, 3.8) is 0 Å². The Hall–Kier alpha value is -2.05. The Balaban J connectivity index is 1.34. The molecule has 1 aromatic heterocycles. The van der Waals surface area contributed by atoms with Gasteiger partial charge in [-0.15, -0.1) is 11.8 Å². The smallest absolute Gasteiger partial charge is 0.234 e. The Bertz CT molecular complexity index is 754. The highest BCUT2D eigenvalue weighted by molar-refractivity contribution is 8.00. The molecule has 2 aromatic rings. The van der Waals surface area contributed by atoms with E-state index >= 15 is 0 Å². The largest absolute Gasteiger partial charge is 0.492 e. The first-order chi connectivity index (χ1) is 12.3. The zero-order chi connectivity index (χ0) is 17.1. The van der Waals surface area contributed by atoms with Crippen LogP contribution in [0.2, 0.25) is 0 Å². The maximum absolute atomic E-state index is 11.4. The Kier molecular flexibility index (Phi) is 4.90. The van der Waals surface area contributed by atoms with E-state index in [0.29, 0.717) is 18.4 Å². The Morgan fingerprint density at radius 2 is 2.28 bits per heavy atom. The summed E-state index contributed by atoms with van der Waals surface area (Å²) in [6.07, 6.45) is 4.23. The number of likely N-dealkylation sites (tertiary alicyclic amines) is 1. The second-order valence-electron chi connectivity index (χ2n) is 6.29. The van der Waals surface area contributed by atoms with Crippen molar-refractivity contribution in [2.24, 2.45) is 0 Å². The minimum Gasteiger partial charge on any atom is -0.492 e.